The first-order valence-electron chi connectivity index (χ1n) is 6.82. The number of benzene rings is 1. The molecule has 1 atom stereocenters. The van der Waals surface area contributed by atoms with E-state index in [1.807, 2.05) is 23.1 Å². The van der Waals surface area contributed by atoms with Crippen LogP contribution in [-0.4, -0.2) is 35.4 Å². The summed E-state index contributed by atoms with van der Waals surface area (Å²) in [5.74, 6) is 0.0785. The Labute approximate surface area is 118 Å². The molecule has 4 nitrogen and oxygen atoms in total. The van der Waals surface area contributed by atoms with Crippen LogP contribution in [0.3, 0.4) is 0 Å². The van der Waals surface area contributed by atoms with Crippen molar-refractivity contribution in [1.82, 2.24) is 15.2 Å². The predicted octanol–water partition coefficient (Wildman–Crippen LogP) is 1.87. The van der Waals surface area contributed by atoms with Crippen molar-refractivity contribution in [2.75, 3.05) is 19.6 Å². The largest absolute Gasteiger partial charge is 0.335 e. The van der Waals surface area contributed by atoms with Crippen molar-refractivity contribution in [2.24, 2.45) is 0 Å². The van der Waals surface area contributed by atoms with E-state index >= 15 is 0 Å². The summed E-state index contributed by atoms with van der Waals surface area (Å²) in [5.41, 5.74) is 1.92. The van der Waals surface area contributed by atoms with Crippen molar-refractivity contribution in [3.05, 3.63) is 66.0 Å². The maximum Gasteiger partial charge on any atom is 0.254 e. The monoisotopic (exact) mass is 267 g/mol. The summed E-state index contributed by atoms with van der Waals surface area (Å²) in [6.07, 6.45) is 3.31. The van der Waals surface area contributed by atoms with Gasteiger partial charge in [0.25, 0.3) is 5.91 Å². The molecule has 3 rings (SSSR count). The fraction of sp³-hybridized carbons (Fsp3) is 0.250. The van der Waals surface area contributed by atoms with Crippen molar-refractivity contribution in [2.45, 2.75) is 6.04 Å². The fourth-order valence-corrected chi connectivity index (χ4v) is 2.52. The quantitative estimate of drug-likeness (QED) is 0.903. The fourth-order valence-electron chi connectivity index (χ4n) is 2.52. The minimum absolute atomic E-state index is 0.0785. The summed E-state index contributed by atoms with van der Waals surface area (Å²) in [5, 5.41) is 3.47. The average Bonchev–Trinajstić information content (AvgIpc) is 2.56. The number of carbonyl (C=O) groups is 1. The molecule has 20 heavy (non-hydrogen) atoms. The Bertz CT molecular complexity index is 571. The van der Waals surface area contributed by atoms with Gasteiger partial charge in [-0.25, -0.2) is 0 Å². The van der Waals surface area contributed by atoms with Crippen LogP contribution in [0.15, 0.2) is 54.9 Å². The average molecular weight is 267 g/mol. The smallest absolute Gasteiger partial charge is 0.254 e. The Morgan fingerprint density at radius 2 is 1.90 bits per heavy atom. The third-order valence-corrected chi connectivity index (χ3v) is 3.59. The first kappa shape index (κ1) is 12.8. The topological polar surface area (TPSA) is 45.2 Å². The molecule has 2 heterocycles. The molecule has 102 valence electrons. The van der Waals surface area contributed by atoms with Crippen molar-refractivity contribution in [1.29, 1.82) is 0 Å². The minimum atomic E-state index is 0.0785. The second kappa shape index (κ2) is 5.84. The third-order valence-electron chi connectivity index (χ3n) is 3.59. The van der Waals surface area contributed by atoms with Crippen LogP contribution in [0, 0.1) is 0 Å². The van der Waals surface area contributed by atoms with Gasteiger partial charge in [0, 0.05) is 43.6 Å². The molecule has 1 aliphatic heterocycles. The predicted molar refractivity (Wildman–Crippen MR) is 77.3 cm³/mol. The highest BCUT2D eigenvalue weighted by atomic mass is 16.2. The number of hydrogen-bond donors (Lipinski definition) is 1. The lowest BCUT2D eigenvalue weighted by Gasteiger charge is -2.34. The number of carbonyl (C=O) groups excluding carboxylic acids is 1. The number of piperazine rings is 1. The maximum atomic E-state index is 12.4. The maximum absolute atomic E-state index is 12.4. The SMILES string of the molecule is O=C(c1ccncc1)N1CCNC(c2ccccc2)C1. The Morgan fingerprint density at radius 3 is 2.65 bits per heavy atom. The van der Waals surface area contributed by atoms with E-state index in [0.717, 1.165) is 13.1 Å². The molecule has 1 aromatic heterocycles. The first-order chi connectivity index (χ1) is 9.84. The van der Waals surface area contributed by atoms with E-state index in [1.54, 1.807) is 24.5 Å². The first-order valence-corrected chi connectivity index (χ1v) is 6.82. The van der Waals surface area contributed by atoms with Crippen molar-refractivity contribution in [3.63, 3.8) is 0 Å². The number of amides is 1. The highest BCUT2D eigenvalue weighted by molar-refractivity contribution is 5.94. The molecule has 0 bridgehead atoms. The molecule has 2 aromatic rings. The standard InChI is InChI=1S/C16H17N3O/c20-16(14-6-8-17-9-7-14)19-11-10-18-15(12-19)13-4-2-1-3-5-13/h1-9,15,18H,10-12H2. The minimum Gasteiger partial charge on any atom is -0.335 e. The second-order valence-electron chi connectivity index (χ2n) is 4.90. The lowest BCUT2D eigenvalue weighted by molar-refractivity contribution is 0.0703. The Morgan fingerprint density at radius 1 is 1.15 bits per heavy atom. The van der Waals surface area contributed by atoms with Gasteiger partial charge >= 0.3 is 0 Å². The van der Waals surface area contributed by atoms with Crippen LogP contribution in [0.4, 0.5) is 0 Å². The number of nitrogens with zero attached hydrogens (tertiary/aromatic N) is 2. The van der Waals surface area contributed by atoms with Crippen LogP contribution in [0.5, 0.6) is 0 Å². The summed E-state index contributed by atoms with van der Waals surface area (Å²) in [6.45, 7) is 2.26. The van der Waals surface area contributed by atoms with Crippen molar-refractivity contribution in [3.8, 4) is 0 Å². The molecule has 1 amide bonds. The molecule has 1 aromatic carbocycles. The van der Waals surface area contributed by atoms with Crippen LogP contribution >= 0.6 is 0 Å². The molecule has 1 aliphatic rings. The second-order valence-corrected chi connectivity index (χ2v) is 4.90. The van der Waals surface area contributed by atoms with Gasteiger partial charge in [0.2, 0.25) is 0 Å². The van der Waals surface area contributed by atoms with E-state index < -0.39 is 0 Å². The summed E-state index contributed by atoms with van der Waals surface area (Å²) < 4.78 is 0. The van der Waals surface area contributed by atoms with E-state index in [2.05, 4.69) is 22.4 Å². The van der Waals surface area contributed by atoms with Gasteiger partial charge in [-0.05, 0) is 17.7 Å². The Kier molecular flexibility index (Phi) is 3.74. The molecule has 1 unspecified atom stereocenters. The lowest BCUT2D eigenvalue weighted by Crippen LogP contribution is -2.48. The molecule has 0 spiro atoms. The number of nitrogens with one attached hydrogen (secondary N) is 1. The van der Waals surface area contributed by atoms with E-state index in [4.69, 9.17) is 0 Å². The normalized spacial score (nSPS) is 18.8. The molecule has 1 saturated heterocycles. The molecule has 1 fully saturated rings. The molecular weight excluding hydrogens is 250 g/mol. The van der Waals surface area contributed by atoms with Gasteiger partial charge in [-0.1, -0.05) is 30.3 Å². The Balaban J connectivity index is 1.74. The van der Waals surface area contributed by atoms with Crippen molar-refractivity contribution >= 4 is 5.91 Å². The summed E-state index contributed by atoms with van der Waals surface area (Å²) in [7, 11) is 0. The van der Waals surface area contributed by atoms with E-state index in [9.17, 15) is 4.79 Å². The van der Waals surface area contributed by atoms with Gasteiger partial charge in [0.05, 0.1) is 0 Å². The molecule has 1 N–H and O–H groups in total. The van der Waals surface area contributed by atoms with Gasteiger partial charge < -0.3 is 10.2 Å². The van der Waals surface area contributed by atoms with Gasteiger partial charge in [-0.2, -0.15) is 0 Å². The summed E-state index contributed by atoms with van der Waals surface area (Å²) in [4.78, 5) is 18.3. The highest BCUT2D eigenvalue weighted by Crippen LogP contribution is 2.18. The molecular formula is C16H17N3O. The molecule has 0 aliphatic carbocycles. The molecule has 4 heteroatoms. The van der Waals surface area contributed by atoms with Crippen LogP contribution in [0.25, 0.3) is 0 Å². The van der Waals surface area contributed by atoms with Crippen molar-refractivity contribution < 1.29 is 4.79 Å². The molecule has 0 radical (unpaired) electrons. The number of rotatable bonds is 2. The third kappa shape index (κ3) is 2.70. The van der Waals surface area contributed by atoms with Gasteiger partial charge in [-0.15, -0.1) is 0 Å². The van der Waals surface area contributed by atoms with Gasteiger partial charge in [0.1, 0.15) is 0 Å². The zero-order chi connectivity index (χ0) is 13.8. The number of aromatic nitrogens is 1. The van der Waals surface area contributed by atoms with Gasteiger partial charge in [-0.3, -0.25) is 9.78 Å². The molecule has 0 saturated carbocycles. The lowest BCUT2D eigenvalue weighted by atomic mass is 10.0. The zero-order valence-electron chi connectivity index (χ0n) is 11.2. The van der Waals surface area contributed by atoms with Crippen LogP contribution in [-0.2, 0) is 0 Å². The number of pyridine rings is 1. The summed E-state index contributed by atoms with van der Waals surface area (Å²) >= 11 is 0. The highest BCUT2D eigenvalue weighted by Gasteiger charge is 2.24. The van der Waals surface area contributed by atoms with Crippen LogP contribution in [0.2, 0.25) is 0 Å². The Hall–Kier alpha value is -2.20. The van der Waals surface area contributed by atoms with Crippen LogP contribution in [0.1, 0.15) is 22.0 Å². The van der Waals surface area contributed by atoms with E-state index in [1.165, 1.54) is 5.56 Å². The summed E-state index contributed by atoms with van der Waals surface area (Å²) in [6, 6.07) is 14.0. The van der Waals surface area contributed by atoms with E-state index in [-0.39, 0.29) is 11.9 Å². The zero-order valence-corrected chi connectivity index (χ0v) is 11.2. The number of hydrogen-bond acceptors (Lipinski definition) is 3. The van der Waals surface area contributed by atoms with Crippen LogP contribution < -0.4 is 5.32 Å². The van der Waals surface area contributed by atoms with Gasteiger partial charge in [0.15, 0.2) is 0 Å². The van der Waals surface area contributed by atoms with E-state index in [0.29, 0.717) is 12.1 Å².